The molecule has 3 nitrogen and oxygen atoms in total. The first-order valence-electron chi connectivity index (χ1n) is 8.19. The van der Waals surface area contributed by atoms with Gasteiger partial charge in [-0.05, 0) is 42.4 Å². The van der Waals surface area contributed by atoms with Crippen LogP contribution in [0, 0.1) is 11.8 Å². The molecule has 1 aromatic rings. The van der Waals surface area contributed by atoms with E-state index in [9.17, 15) is 5.11 Å². The Morgan fingerprint density at radius 3 is 2.32 bits per heavy atom. The third kappa shape index (κ3) is 6.15. The minimum Gasteiger partial charge on any atom is -0.491 e. The Kier molecular flexibility index (Phi) is 8.23. The molecule has 4 heteroatoms. The highest BCUT2D eigenvalue weighted by Gasteiger charge is 2.23. The molecule has 22 heavy (non-hydrogen) atoms. The number of hydrogen-bond donors (Lipinski definition) is 1. The van der Waals surface area contributed by atoms with Crippen LogP contribution in [0.3, 0.4) is 0 Å². The van der Waals surface area contributed by atoms with Gasteiger partial charge in [-0.1, -0.05) is 32.9 Å². The van der Waals surface area contributed by atoms with Crippen LogP contribution in [0.15, 0.2) is 24.3 Å². The number of benzene rings is 1. The van der Waals surface area contributed by atoms with Crippen molar-refractivity contribution in [3.8, 4) is 5.75 Å². The van der Waals surface area contributed by atoms with E-state index in [0.717, 1.165) is 37.1 Å². The minimum absolute atomic E-state index is 0. The number of halogens is 1. The number of rotatable bonds is 6. The largest absolute Gasteiger partial charge is 0.491 e. The quantitative estimate of drug-likeness (QED) is 0.869. The number of nitrogens with zero attached hydrogens (tertiary/aromatic N) is 1. The Morgan fingerprint density at radius 1 is 1.18 bits per heavy atom. The zero-order valence-electron chi connectivity index (χ0n) is 14.0. The van der Waals surface area contributed by atoms with E-state index in [0.29, 0.717) is 13.2 Å². The highest BCUT2D eigenvalue weighted by molar-refractivity contribution is 5.85. The molecule has 1 aliphatic heterocycles. The summed E-state index contributed by atoms with van der Waals surface area (Å²) in [6.07, 6.45) is 1.91. The van der Waals surface area contributed by atoms with Gasteiger partial charge >= 0.3 is 0 Å². The van der Waals surface area contributed by atoms with Crippen molar-refractivity contribution in [3.63, 3.8) is 0 Å². The molecule has 0 aliphatic carbocycles. The van der Waals surface area contributed by atoms with E-state index in [1.54, 1.807) is 0 Å². The predicted octanol–water partition coefficient (Wildman–Crippen LogP) is 3.39. The minimum atomic E-state index is -0.423. The van der Waals surface area contributed by atoms with Gasteiger partial charge in [0.15, 0.2) is 0 Å². The molecular weight excluding hydrogens is 298 g/mol. The molecule has 0 radical (unpaired) electrons. The van der Waals surface area contributed by atoms with E-state index in [4.69, 9.17) is 4.74 Å². The van der Waals surface area contributed by atoms with Gasteiger partial charge in [0.05, 0.1) is 0 Å². The van der Waals surface area contributed by atoms with Crippen molar-refractivity contribution >= 4 is 12.4 Å². The second kappa shape index (κ2) is 9.39. The number of piperidine rings is 1. The summed E-state index contributed by atoms with van der Waals surface area (Å²) in [5.74, 6) is 2.29. The molecule has 0 bridgehead atoms. The smallest absolute Gasteiger partial charge is 0.119 e. The summed E-state index contributed by atoms with van der Waals surface area (Å²) in [5, 5.41) is 10.2. The summed E-state index contributed by atoms with van der Waals surface area (Å²) >= 11 is 0. The number of aliphatic hydroxyl groups is 1. The van der Waals surface area contributed by atoms with Gasteiger partial charge in [0.25, 0.3) is 0 Å². The van der Waals surface area contributed by atoms with Gasteiger partial charge < -0.3 is 14.7 Å². The van der Waals surface area contributed by atoms with Crippen LogP contribution in [-0.4, -0.2) is 42.4 Å². The lowest BCUT2D eigenvalue weighted by atomic mass is 9.92. The normalized spacial score (nSPS) is 23.6. The second-order valence-electron chi connectivity index (χ2n) is 6.63. The average Bonchev–Trinajstić information content (AvgIpc) is 2.44. The van der Waals surface area contributed by atoms with Gasteiger partial charge in [0.2, 0.25) is 0 Å². The maximum atomic E-state index is 10.2. The molecule has 0 saturated carbocycles. The fourth-order valence-corrected chi connectivity index (χ4v) is 3.31. The lowest BCUT2D eigenvalue weighted by Gasteiger charge is -2.35. The zero-order valence-corrected chi connectivity index (χ0v) is 14.8. The molecule has 0 amide bonds. The van der Waals surface area contributed by atoms with Crippen molar-refractivity contribution in [2.75, 3.05) is 26.2 Å². The summed E-state index contributed by atoms with van der Waals surface area (Å²) < 4.78 is 5.69. The molecule has 1 saturated heterocycles. The molecule has 0 spiro atoms. The van der Waals surface area contributed by atoms with Crippen molar-refractivity contribution in [3.05, 3.63) is 29.8 Å². The molecule has 3 unspecified atom stereocenters. The predicted molar refractivity (Wildman–Crippen MR) is 94.0 cm³/mol. The lowest BCUT2D eigenvalue weighted by molar-refractivity contribution is 0.0429. The van der Waals surface area contributed by atoms with E-state index < -0.39 is 6.10 Å². The Labute approximate surface area is 141 Å². The maximum Gasteiger partial charge on any atom is 0.119 e. The standard InChI is InChI=1S/C18H29NO2.ClH/c1-4-16-5-7-18(8-6-16)21-13-17(20)12-19-10-14(2)9-15(3)11-19;/h5-8,14-15,17,20H,4,9-13H2,1-3H3;1H. The summed E-state index contributed by atoms with van der Waals surface area (Å²) in [6, 6.07) is 8.12. The van der Waals surface area contributed by atoms with E-state index in [1.165, 1.54) is 12.0 Å². The molecule has 1 heterocycles. The Balaban J connectivity index is 0.00000242. The average molecular weight is 328 g/mol. The number of likely N-dealkylation sites (tertiary alicyclic amines) is 1. The topological polar surface area (TPSA) is 32.7 Å². The fourth-order valence-electron chi connectivity index (χ4n) is 3.31. The van der Waals surface area contributed by atoms with Crippen LogP contribution in [0.4, 0.5) is 0 Å². The third-order valence-electron chi connectivity index (χ3n) is 4.19. The highest BCUT2D eigenvalue weighted by Crippen LogP contribution is 2.21. The van der Waals surface area contributed by atoms with Gasteiger partial charge in [-0.25, -0.2) is 0 Å². The molecule has 3 atom stereocenters. The summed E-state index contributed by atoms with van der Waals surface area (Å²) in [6.45, 7) is 9.98. The summed E-state index contributed by atoms with van der Waals surface area (Å²) in [7, 11) is 0. The number of hydrogen-bond acceptors (Lipinski definition) is 3. The van der Waals surface area contributed by atoms with Gasteiger partial charge in [-0.2, -0.15) is 0 Å². The zero-order chi connectivity index (χ0) is 15.2. The first-order valence-corrected chi connectivity index (χ1v) is 8.19. The lowest BCUT2D eigenvalue weighted by Crippen LogP contribution is -2.43. The van der Waals surface area contributed by atoms with Crippen LogP contribution in [0.1, 0.15) is 32.8 Å². The molecule has 0 aromatic heterocycles. The van der Waals surface area contributed by atoms with Gasteiger partial charge in [0.1, 0.15) is 18.5 Å². The van der Waals surface area contributed by atoms with E-state index in [1.807, 2.05) is 12.1 Å². The van der Waals surface area contributed by atoms with Gasteiger partial charge in [0, 0.05) is 19.6 Å². The molecule has 126 valence electrons. The Bertz CT molecular complexity index is 414. The SMILES string of the molecule is CCc1ccc(OCC(O)CN2CC(C)CC(C)C2)cc1.Cl. The number of β-amino-alcohol motifs (C(OH)–C–C–N with tert-alkyl or cyclic N) is 1. The van der Waals surface area contributed by atoms with Crippen LogP contribution < -0.4 is 4.74 Å². The van der Waals surface area contributed by atoms with Crippen LogP contribution in [0.25, 0.3) is 0 Å². The monoisotopic (exact) mass is 327 g/mol. The number of aliphatic hydroxyl groups excluding tert-OH is 1. The van der Waals surface area contributed by atoms with E-state index in [-0.39, 0.29) is 12.4 Å². The van der Waals surface area contributed by atoms with Crippen molar-refractivity contribution < 1.29 is 9.84 Å². The molecule has 1 fully saturated rings. The number of aryl methyl sites for hydroxylation is 1. The fraction of sp³-hybridized carbons (Fsp3) is 0.667. The summed E-state index contributed by atoms with van der Waals surface area (Å²) in [5.41, 5.74) is 1.30. The molecule has 1 aliphatic rings. The first kappa shape index (κ1) is 19.3. The van der Waals surface area contributed by atoms with Crippen LogP contribution >= 0.6 is 12.4 Å². The Hall–Kier alpha value is -0.770. The Morgan fingerprint density at radius 2 is 1.77 bits per heavy atom. The highest BCUT2D eigenvalue weighted by atomic mass is 35.5. The van der Waals surface area contributed by atoms with Crippen LogP contribution in [0.2, 0.25) is 0 Å². The third-order valence-corrected chi connectivity index (χ3v) is 4.19. The molecular formula is C18H30ClNO2. The van der Waals surface area contributed by atoms with Gasteiger partial charge in [-0.15, -0.1) is 12.4 Å². The van der Waals surface area contributed by atoms with E-state index in [2.05, 4.69) is 37.8 Å². The van der Waals surface area contributed by atoms with E-state index >= 15 is 0 Å². The van der Waals surface area contributed by atoms with Crippen molar-refractivity contribution in [1.29, 1.82) is 0 Å². The molecule has 2 rings (SSSR count). The van der Waals surface area contributed by atoms with Crippen LogP contribution in [-0.2, 0) is 6.42 Å². The molecule has 1 N–H and O–H groups in total. The number of ether oxygens (including phenoxy) is 1. The van der Waals surface area contributed by atoms with Crippen molar-refractivity contribution in [2.45, 2.75) is 39.7 Å². The van der Waals surface area contributed by atoms with Crippen molar-refractivity contribution in [1.82, 2.24) is 4.90 Å². The maximum absolute atomic E-state index is 10.2. The second-order valence-corrected chi connectivity index (χ2v) is 6.63. The first-order chi connectivity index (χ1) is 10.1. The molecule has 1 aromatic carbocycles. The van der Waals surface area contributed by atoms with Gasteiger partial charge in [-0.3, -0.25) is 0 Å². The van der Waals surface area contributed by atoms with Crippen molar-refractivity contribution in [2.24, 2.45) is 11.8 Å². The summed E-state index contributed by atoms with van der Waals surface area (Å²) in [4.78, 5) is 2.37. The van der Waals surface area contributed by atoms with Crippen LogP contribution in [0.5, 0.6) is 5.75 Å².